The molecular formula is C15H21F2N3O4. The second-order valence-corrected chi connectivity index (χ2v) is 6.49. The van der Waals surface area contributed by atoms with Crippen molar-refractivity contribution >= 4 is 6.09 Å². The van der Waals surface area contributed by atoms with Gasteiger partial charge in [0.25, 0.3) is 11.5 Å². The molecule has 24 heavy (non-hydrogen) atoms. The fourth-order valence-corrected chi connectivity index (χ4v) is 3.60. The molecule has 2 aliphatic heterocycles. The Morgan fingerprint density at radius 3 is 2.88 bits per heavy atom. The monoisotopic (exact) mass is 345 g/mol. The highest BCUT2D eigenvalue weighted by atomic mass is 19.3. The van der Waals surface area contributed by atoms with Crippen molar-refractivity contribution in [2.24, 2.45) is 0 Å². The Hall–Kier alpha value is -1.90. The number of hydrogen-bond acceptors (Lipinski definition) is 5. The lowest BCUT2D eigenvalue weighted by Crippen LogP contribution is -2.50. The summed E-state index contributed by atoms with van der Waals surface area (Å²) in [5, 5.41) is 2.26. The van der Waals surface area contributed by atoms with Crippen molar-refractivity contribution in [2.45, 2.75) is 37.1 Å². The lowest BCUT2D eigenvalue weighted by molar-refractivity contribution is 0.00759. The van der Waals surface area contributed by atoms with Crippen molar-refractivity contribution in [3.05, 3.63) is 22.2 Å². The van der Waals surface area contributed by atoms with Crippen molar-refractivity contribution in [3.8, 4) is 0 Å². The number of carbonyl (C=O) groups is 1. The second kappa shape index (κ2) is 6.54. The molecule has 134 valence electrons. The quantitative estimate of drug-likeness (QED) is 0.901. The van der Waals surface area contributed by atoms with E-state index in [1.54, 1.807) is 9.80 Å². The van der Waals surface area contributed by atoms with E-state index in [-0.39, 0.29) is 30.5 Å². The predicted octanol–water partition coefficient (Wildman–Crippen LogP) is 1.62. The number of likely N-dealkylation sites (tertiary alicyclic amines) is 2. The van der Waals surface area contributed by atoms with Crippen molar-refractivity contribution in [1.82, 2.24) is 15.0 Å². The number of hydrogen-bond donors (Lipinski definition) is 1. The number of alkyl halides is 2. The third-order valence-corrected chi connectivity index (χ3v) is 4.79. The van der Waals surface area contributed by atoms with Crippen molar-refractivity contribution < 1.29 is 22.8 Å². The van der Waals surface area contributed by atoms with Crippen molar-refractivity contribution in [3.63, 3.8) is 0 Å². The van der Waals surface area contributed by atoms with E-state index in [2.05, 4.69) is 5.16 Å². The van der Waals surface area contributed by atoms with Crippen LogP contribution in [0.2, 0.25) is 0 Å². The van der Waals surface area contributed by atoms with Crippen LogP contribution in [0.15, 0.2) is 15.4 Å². The number of H-pyrrole nitrogens is 1. The predicted molar refractivity (Wildman–Crippen MR) is 80.2 cm³/mol. The number of piperidine rings is 1. The average molecular weight is 345 g/mol. The van der Waals surface area contributed by atoms with Crippen LogP contribution in [-0.2, 0) is 4.74 Å². The summed E-state index contributed by atoms with van der Waals surface area (Å²) in [6, 6.07) is 1.14. The molecule has 3 heterocycles. The molecular weight excluding hydrogens is 324 g/mol. The minimum Gasteiger partial charge on any atom is -0.453 e. The summed E-state index contributed by atoms with van der Waals surface area (Å²) in [7, 11) is 1.31. The number of aromatic amines is 1. The molecule has 3 rings (SSSR count). The molecule has 0 aliphatic carbocycles. The van der Waals surface area contributed by atoms with E-state index in [1.165, 1.54) is 13.2 Å². The third kappa shape index (κ3) is 3.61. The number of ether oxygens (including phenoxy) is 1. The summed E-state index contributed by atoms with van der Waals surface area (Å²) in [4.78, 5) is 26.5. The van der Waals surface area contributed by atoms with Gasteiger partial charge in [-0.1, -0.05) is 0 Å². The zero-order valence-corrected chi connectivity index (χ0v) is 13.5. The van der Waals surface area contributed by atoms with E-state index >= 15 is 0 Å². The summed E-state index contributed by atoms with van der Waals surface area (Å²) in [5.74, 6) is -2.16. The van der Waals surface area contributed by atoms with E-state index < -0.39 is 12.0 Å². The Bertz CT molecular complexity index is 645. The number of halogens is 2. The highest BCUT2D eigenvalue weighted by molar-refractivity contribution is 5.68. The van der Waals surface area contributed by atoms with Crippen LogP contribution >= 0.6 is 0 Å². The van der Waals surface area contributed by atoms with E-state index in [1.807, 2.05) is 0 Å². The number of amides is 1. The summed E-state index contributed by atoms with van der Waals surface area (Å²) in [6.07, 6.45) is 0.550. The van der Waals surface area contributed by atoms with Crippen LogP contribution in [0.4, 0.5) is 13.6 Å². The molecule has 1 N–H and O–H groups in total. The molecule has 2 saturated heterocycles. The van der Waals surface area contributed by atoms with Crippen LogP contribution in [0.25, 0.3) is 0 Å². The normalized spacial score (nSPS) is 27.4. The number of carbonyl (C=O) groups excluding carboxylic acids is 1. The van der Waals surface area contributed by atoms with E-state index in [9.17, 15) is 18.4 Å². The highest BCUT2D eigenvalue weighted by Crippen LogP contribution is 2.33. The van der Waals surface area contributed by atoms with Gasteiger partial charge in [0.2, 0.25) is 0 Å². The summed E-state index contributed by atoms with van der Waals surface area (Å²) >= 11 is 0. The van der Waals surface area contributed by atoms with Gasteiger partial charge in [-0.15, -0.1) is 0 Å². The van der Waals surface area contributed by atoms with E-state index in [0.717, 1.165) is 0 Å². The van der Waals surface area contributed by atoms with Gasteiger partial charge in [0.05, 0.1) is 13.7 Å². The molecule has 9 heteroatoms. The van der Waals surface area contributed by atoms with Gasteiger partial charge in [0.15, 0.2) is 0 Å². The van der Waals surface area contributed by atoms with Crippen LogP contribution in [0.1, 0.15) is 30.9 Å². The maximum absolute atomic E-state index is 13.4. The van der Waals surface area contributed by atoms with Gasteiger partial charge >= 0.3 is 6.09 Å². The van der Waals surface area contributed by atoms with Gasteiger partial charge in [-0.2, -0.15) is 5.16 Å². The zero-order chi connectivity index (χ0) is 17.3. The molecule has 0 spiro atoms. The van der Waals surface area contributed by atoms with Crippen LogP contribution in [0, 0.1) is 0 Å². The largest absolute Gasteiger partial charge is 0.453 e. The first kappa shape index (κ1) is 16.9. The Morgan fingerprint density at radius 2 is 2.29 bits per heavy atom. The maximum atomic E-state index is 13.4. The first-order chi connectivity index (χ1) is 11.4. The SMILES string of the molecule is COC(=O)N1CCC(c2cc(=O)[nH]o2)CC1CN1CCC(F)(F)C1. The second-order valence-electron chi connectivity index (χ2n) is 6.49. The standard InChI is InChI=1S/C15H21F2N3O4/c1-23-14(22)20-4-2-10(12-7-13(21)18-24-12)6-11(20)8-19-5-3-15(16,17)9-19/h7,10-11H,2-6,8-9H2,1H3,(H,18,21). The molecule has 1 aromatic rings. The van der Waals surface area contributed by atoms with Gasteiger partial charge < -0.3 is 14.2 Å². The molecule has 0 bridgehead atoms. The summed E-state index contributed by atoms with van der Waals surface area (Å²) in [5.41, 5.74) is -0.309. The Morgan fingerprint density at radius 1 is 1.50 bits per heavy atom. The van der Waals surface area contributed by atoms with Crippen LogP contribution in [-0.4, -0.2) is 66.3 Å². The Balaban J connectivity index is 1.72. The van der Waals surface area contributed by atoms with Crippen molar-refractivity contribution in [2.75, 3.05) is 33.3 Å². The molecule has 1 amide bonds. The smallest absolute Gasteiger partial charge is 0.409 e. The van der Waals surface area contributed by atoms with E-state index in [0.29, 0.717) is 38.2 Å². The number of aromatic nitrogens is 1. The first-order valence-electron chi connectivity index (χ1n) is 8.01. The van der Waals surface area contributed by atoms with Crippen LogP contribution in [0.3, 0.4) is 0 Å². The van der Waals surface area contributed by atoms with Gasteiger partial charge in [-0.05, 0) is 12.8 Å². The lowest BCUT2D eigenvalue weighted by atomic mass is 9.89. The number of nitrogens with zero attached hydrogens (tertiary/aromatic N) is 2. The topological polar surface area (TPSA) is 78.8 Å². The summed E-state index contributed by atoms with van der Waals surface area (Å²) < 4.78 is 36.8. The van der Waals surface area contributed by atoms with Crippen molar-refractivity contribution in [1.29, 1.82) is 0 Å². The molecule has 1 aromatic heterocycles. The Labute approximate surface area is 137 Å². The average Bonchev–Trinajstić information content (AvgIpc) is 3.12. The third-order valence-electron chi connectivity index (χ3n) is 4.79. The van der Waals surface area contributed by atoms with Crippen LogP contribution < -0.4 is 5.56 Å². The maximum Gasteiger partial charge on any atom is 0.409 e. The molecule has 7 nitrogen and oxygen atoms in total. The molecule has 2 aliphatic rings. The van der Waals surface area contributed by atoms with E-state index in [4.69, 9.17) is 9.26 Å². The molecule has 2 atom stereocenters. The molecule has 0 radical (unpaired) electrons. The molecule has 0 saturated carbocycles. The minimum atomic E-state index is -2.67. The fraction of sp³-hybridized carbons (Fsp3) is 0.733. The molecule has 0 aromatic carbocycles. The van der Waals surface area contributed by atoms with Gasteiger partial charge in [-0.3, -0.25) is 9.69 Å². The number of nitrogens with one attached hydrogen (secondary N) is 1. The number of methoxy groups -OCH3 is 1. The minimum absolute atomic E-state index is 0.0297. The highest BCUT2D eigenvalue weighted by Gasteiger charge is 2.41. The van der Waals surface area contributed by atoms with Gasteiger partial charge in [-0.25, -0.2) is 13.6 Å². The fourth-order valence-electron chi connectivity index (χ4n) is 3.60. The molecule has 2 fully saturated rings. The number of rotatable bonds is 3. The molecule has 2 unspecified atom stereocenters. The summed E-state index contributed by atoms with van der Waals surface area (Å²) in [6.45, 7) is 0.807. The van der Waals surface area contributed by atoms with Crippen LogP contribution in [0.5, 0.6) is 0 Å². The van der Waals surface area contributed by atoms with Gasteiger partial charge in [0, 0.05) is 44.1 Å². The van der Waals surface area contributed by atoms with Gasteiger partial charge in [0.1, 0.15) is 5.76 Å². The lowest BCUT2D eigenvalue weighted by Gasteiger charge is -2.39. The Kier molecular flexibility index (Phi) is 4.62. The first-order valence-corrected chi connectivity index (χ1v) is 8.01. The zero-order valence-electron chi connectivity index (χ0n) is 13.5.